The largest absolute Gasteiger partial charge is 0.452 e. The van der Waals surface area contributed by atoms with Crippen LogP contribution in [-0.2, 0) is 19.7 Å². The van der Waals surface area contributed by atoms with Crippen molar-refractivity contribution in [2.45, 2.75) is 44.1 Å². The van der Waals surface area contributed by atoms with Gasteiger partial charge in [-0.05, 0) is 38.0 Å². The number of benzene rings is 2. The Kier molecular flexibility index (Phi) is 5.72. The van der Waals surface area contributed by atoms with Crippen molar-refractivity contribution in [2.24, 2.45) is 0 Å². The molecule has 1 aliphatic rings. The fourth-order valence-corrected chi connectivity index (χ4v) is 3.58. The molecule has 0 heterocycles. The molecule has 3 rings (SSSR count). The van der Waals surface area contributed by atoms with Gasteiger partial charge in [-0.1, -0.05) is 37.1 Å². The molecule has 1 saturated carbocycles. The molecule has 0 bridgehead atoms. The summed E-state index contributed by atoms with van der Waals surface area (Å²) in [7, 11) is 0. The highest BCUT2D eigenvalue weighted by molar-refractivity contribution is 5.96. The normalized spacial score (nSPS) is 16.4. The van der Waals surface area contributed by atoms with Crippen LogP contribution in [-0.4, -0.2) is 18.0 Å². The van der Waals surface area contributed by atoms with Crippen LogP contribution in [0.15, 0.2) is 42.5 Å². The van der Waals surface area contributed by atoms with Gasteiger partial charge in [0, 0.05) is 5.56 Å². The lowest BCUT2D eigenvalue weighted by Crippen LogP contribution is -2.40. The maximum Gasteiger partial charge on any atom is 0.317 e. The Labute approximate surface area is 160 Å². The van der Waals surface area contributed by atoms with Gasteiger partial charge < -0.3 is 10.1 Å². The fraction of sp³-hybridized carbons (Fsp3) is 0.333. The zero-order chi connectivity index (χ0) is 20.3. The molecule has 0 aromatic heterocycles. The summed E-state index contributed by atoms with van der Waals surface area (Å²) >= 11 is 0. The molecule has 2 aromatic rings. The van der Waals surface area contributed by atoms with E-state index in [1.54, 1.807) is 12.1 Å². The molecule has 4 nitrogen and oxygen atoms in total. The van der Waals surface area contributed by atoms with Crippen molar-refractivity contribution in [3.8, 4) is 0 Å². The van der Waals surface area contributed by atoms with Crippen LogP contribution in [0.25, 0.3) is 0 Å². The van der Waals surface area contributed by atoms with Gasteiger partial charge in [-0.3, -0.25) is 9.59 Å². The Morgan fingerprint density at radius 2 is 1.54 bits per heavy atom. The van der Waals surface area contributed by atoms with Crippen molar-refractivity contribution in [1.82, 2.24) is 0 Å². The van der Waals surface area contributed by atoms with Crippen LogP contribution in [0, 0.1) is 17.5 Å². The zero-order valence-corrected chi connectivity index (χ0v) is 15.3. The smallest absolute Gasteiger partial charge is 0.317 e. The zero-order valence-electron chi connectivity index (χ0n) is 15.3. The van der Waals surface area contributed by atoms with E-state index in [2.05, 4.69) is 5.32 Å². The molecule has 0 radical (unpaired) electrons. The summed E-state index contributed by atoms with van der Waals surface area (Å²) in [5.41, 5.74) is -1.53. The fourth-order valence-electron chi connectivity index (χ4n) is 3.58. The molecule has 0 aliphatic heterocycles. The number of hydrogen-bond acceptors (Lipinski definition) is 3. The summed E-state index contributed by atoms with van der Waals surface area (Å²) in [4.78, 5) is 25.2. The van der Waals surface area contributed by atoms with E-state index in [-0.39, 0.29) is 5.56 Å². The van der Waals surface area contributed by atoms with Crippen molar-refractivity contribution >= 4 is 17.6 Å². The number of halogens is 3. The van der Waals surface area contributed by atoms with Crippen molar-refractivity contribution in [2.75, 3.05) is 5.32 Å². The van der Waals surface area contributed by atoms with Gasteiger partial charge in [0.05, 0.1) is 5.41 Å². The predicted molar refractivity (Wildman–Crippen MR) is 97.1 cm³/mol. The summed E-state index contributed by atoms with van der Waals surface area (Å²) in [6.45, 7) is 1.30. The van der Waals surface area contributed by atoms with E-state index in [9.17, 15) is 22.8 Å². The molecule has 1 aliphatic carbocycles. The summed E-state index contributed by atoms with van der Waals surface area (Å²) in [5, 5.41) is 2.10. The van der Waals surface area contributed by atoms with E-state index in [1.165, 1.54) is 25.1 Å². The number of rotatable bonds is 5. The summed E-state index contributed by atoms with van der Waals surface area (Å²) in [6, 6.07) is 9.17. The van der Waals surface area contributed by atoms with Gasteiger partial charge in [0.15, 0.2) is 6.10 Å². The van der Waals surface area contributed by atoms with Crippen LogP contribution in [0.4, 0.5) is 18.9 Å². The molecule has 1 fully saturated rings. The van der Waals surface area contributed by atoms with Gasteiger partial charge in [0.1, 0.15) is 23.1 Å². The molecule has 1 N–H and O–H groups in total. The Bertz CT molecular complexity index is 874. The maximum atomic E-state index is 14.3. The first-order chi connectivity index (χ1) is 13.3. The minimum absolute atomic E-state index is 0.241. The van der Waals surface area contributed by atoms with Crippen LogP contribution in [0.5, 0.6) is 0 Å². The second-order valence-electron chi connectivity index (χ2n) is 6.90. The molecular weight excluding hydrogens is 371 g/mol. The molecule has 148 valence electrons. The molecule has 0 spiro atoms. The van der Waals surface area contributed by atoms with Crippen LogP contribution >= 0.6 is 0 Å². The highest BCUT2D eigenvalue weighted by Crippen LogP contribution is 2.43. The molecule has 0 unspecified atom stereocenters. The van der Waals surface area contributed by atoms with E-state index in [1.807, 2.05) is 0 Å². The molecule has 28 heavy (non-hydrogen) atoms. The lowest BCUT2D eigenvalue weighted by molar-refractivity contribution is -0.159. The van der Waals surface area contributed by atoms with Crippen LogP contribution in [0.2, 0.25) is 0 Å². The third kappa shape index (κ3) is 3.74. The topological polar surface area (TPSA) is 55.4 Å². The quantitative estimate of drug-likeness (QED) is 0.765. The van der Waals surface area contributed by atoms with Crippen molar-refractivity contribution in [1.29, 1.82) is 0 Å². The van der Waals surface area contributed by atoms with E-state index in [0.29, 0.717) is 12.8 Å². The van der Waals surface area contributed by atoms with Gasteiger partial charge in [0.2, 0.25) is 0 Å². The number of anilines is 1. The average Bonchev–Trinajstić information content (AvgIpc) is 3.16. The molecular formula is C21H20F3NO3. The first-order valence-electron chi connectivity index (χ1n) is 9.06. The Hall–Kier alpha value is -2.83. The van der Waals surface area contributed by atoms with E-state index in [4.69, 9.17) is 4.74 Å². The molecule has 1 amide bonds. The first-order valence-corrected chi connectivity index (χ1v) is 9.06. The minimum atomic E-state index is -1.31. The van der Waals surface area contributed by atoms with E-state index >= 15 is 0 Å². The van der Waals surface area contributed by atoms with Gasteiger partial charge in [-0.2, -0.15) is 0 Å². The Morgan fingerprint density at radius 1 is 0.964 bits per heavy atom. The van der Waals surface area contributed by atoms with Crippen LogP contribution in [0.3, 0.4) is 0 Å². The SMILES string of the molecule is C[C@H](OC(=O)C1(c2ccccc2F)CCCC1)C(=O)Nc1c(F)cccc1F. The third-order valence-corrected chi connectivity index (χ3v) is 5.10. The molecule has 2 aromatic carbocycles. The van der Waals surface area contributed by atoms with Gasteiger partial charge in [-0.15, -0.1) is 0 Å². The number of para-hydroxylation sites is 1. The summed E-state index contributed by atoms with van der Waals surface area (Å²) < 4.78 is 47.1. The van der Waals surface area contributed by atoms with E-state index < -0.39 is 46.5 Å². The molecule has 7 heteroatoms. The van der Waals surface area contributed by atoms with Gasteiger partial charge >= 0.3 is 5.97 Å². The average molecular weight is 391 g/mol. The van der Waals surface area contributed by atoms with Gasteiger partial charge in [0.25, 0.3) is 5.91 Å². The third-order valence-electron chi connectivity index (χ3n) is 5.10. The second kappa shape index (κ2) is 8.04. The predicted octanol–water partition coefficient (Wildman–Crippen LogP) is 4.49. The number of esters is 1. The lowest BCUT2D eigenvalue weighted by Gasteiger charge is -2.29. The lowest BCUT2D eigenvalue weighted by atomic mass is 9.78. The second-order valence-corrected chi connectivity index (χ2v) is 6.90. The first kappa shape index (κ1) is 19.9. The Balaban J connectivity index is 1.77. The number of carbonyl (C=O) groups excluding carboxylic acids is 2. The van der Waals surface area contributed by atoms with Crippen molar-refractivity contribution < 1.29 is 27.5 Å². The number of nitrogens with one attached hydrogen (secondary N) is 1. The Morgan fingerprint density at radius 3 is 2.14 bits per heavy atom. The van der Waals surface area contributed by atoms with E-state index in [0.717, 1.165) is 25.0 Å². The molecule has 0 saturated heterocycles. The van der Waals surface area contributed by atoms with Crippen molar-refractivity contribution in [3.05, 3.63) is 65.5 Å². The monoisotopic (exact) mass is 391 g/mol. The van der Waals surface area contributed by atoms with Crippen molar-refractivity contribution in [3.63, 3.8) is 0 Å². The van der Waals surface area contributed by atoms with Gasteiger partial charge in [-0.25, -0.2) is 13.2 Å². The van der Waals surface area contributed by atoms with Crippen LogP contribution in [0.1, 0.15) is 38.2 Å². The minimum Gasteiger partial charge on any atom is -0.452 e. The summed E-state index contributed by atoms with van der Waals surface area (Å²) in [5.74, 6) is -3.98. The standard InChI is InChI=1S/C21H20F3NO3/c1-13(19(26)25-18-16(23)9-6-10-17(18)24)28-20(27)21(11-4-5-12-21)14-7-2-3-8-15(14)22/h2-3,6-10,13H,4-5,11-12H2,1H3,(H,25,26)/t13-/m0/s1. The maximum absolute atomic E-state index is 14.3. The number of amides is 1. The number of carbonyl (C=O) groups is 2. The number of ether oxygens (including phenoxy) is 1. The molecule has 1 atom stereocenters. The highest BCUT2D eigenvalue weighted by Gasteiger charge is 2.46. The highest BCUT2D eigenvalue weighted by atomic mass is 19.1. The number of hydrogen-bond donors (Lipinski definition) is 1. The van der Waals surface area contributed by atoms with Crippen LogP contribution < -0.4 is 5.32 Å². The summed E-state index contributed by atoms with van der Waals surface area (Å²) in [6.07, 6.45) is 0.955.